The molecule has 1 saturated heterocycles. The van der Waals surface area contributed by atoms with Crippen LogP contribution in [0.1, 0.15) is 16.1 Å². The summed E-state index contributed by atoms with van der Waals surface area (Å²) in [4.78, 5) is 20.8. The molecule has 1 aliphatic heterocycles. The standard InChI is InChI=1S/C14H20N4O2S/c1-20-14(19)11-2-3-12(16-8-11)9-17-4-6-18(7-5-17)10-13(15)21/h2-3,8H,4-7,9-10H2,1H3,(H2,15,21). The molecule has 1 aliphatic rings. The van der Waals surface area contributed by atoms with Gasteiger partial charge in [-0.25, -0.2) is 4.79 Å². The highest BCUT2D eigenvalue weighted by molar-refractivity contribution is 7.80. The van der Waals surface area contributed by atoms with E-state index in [-0.39, 0.29) is 5.97 Å². The number of nitrogens with zero attached hydrogens (tertiary/aromatic N) is 3. The van der Waals surface area contributed by atoms with Crippen LogP contribution >= 0.6 is 12.2 Å². The van der Waals surface area contributed by atoms with Crippen molar-refractivity contribution < 1.29 is 9.53 Å². The third-order valence-electron chi connectivity index (χ3n) is 3.48. The van der Waals surface area contributed by atoms with Crippen LogP contribution in [0.3, 0.4) is 0 Å². The summed E-state index contributed by atoms with van der Waals surface area (Å²) >= 11 is 4.93. The van der Waals surface area contributed by atoms with Crippen molar-refractivity contribution in [1.29, 1.82) is 0 Å². The number of carbonyl (C=O) groups excluding carboxylic acids is 1. The lowest BCUT2D eigenvalue weighted by Crippen LogP contribution is -2.48. The zero-order valence-corrected chi connectivity index (χ0v) is 12.9. The molecule has 0 radical (unpaired) electrons. The van der Waals surface area contributed by atoms with Crippen LogP contribution in [0.2, 0.25) is 0 Å². The first-order chi connectivity index (χ1) is 10.1. The normalized spacial score (nSPS) is 16.6. The van der Waals surface area contributed by atoms with Gasteiger partial charge in [-0.2, -0.15) is 0 Å². The minimum atomic E-state index is -0.361. The molecule has 1 aromatic rings. The fraction of sp³-hybridized carbons (Fsp3) is 0.500. The Labute approximate surface area is 129 Å². The van der Waals surface area contributed by atoms with E-state index in [1.807, 2.05) is 6.07 Å². The first-order valence-corrected chi connectivity index (χ1v) is 7.25. The van der Waals surface area contributed by atoms with E-state index in [1.165, 1.54) is 7.11 Å². The third kappa shape index (κ3) is 4.73. The van der Waals surface area contributed by atoms with Crippen LogP contribution in [0.15, 0.2) is 18.3 Å². The van der Waals surface area contributed by atoms with Crippen LogP contribution in [0.25, 0.3) is 0 Å². The van der Waals surface area contributed by atoms with Crippen molar-refractivity contribution in [3.63, 3.8) is 0 Å². The van der Waals surface area contributed by atoms with Crippen molar-refractivity contribution in [2.45, 2.75) is 6.54 Å². The molecule has 0 spiro atoms. The van der Waals surface area contributed by atoms with E-state index in [4.69, 9.17) is 18.0 Å². The molecule has 0 unspecified atom stereocenters. The molecular formula is C14H20N4O2S. The summed E-state index contributed by atoms with van der Waals surface area (Å²) < 4.78 is 4.65. The smallest absolute Gasteiger partial charge is 0.339 e. The third-order valence-corrected chi connectivity index (χ3v) is 3.60. The number of rotatable bonds is 5. The molecule has 21 heavy (non-hydrogen) atoms. The maximum Gasteiger partial charge on any atom is 0.339 e. The molecule has 0 amide bonds. The number of piperazine rings is 1. The van der Waals surface area contributed by atoms with Crippen LogP contribution in [0, 0.1) is 0 Å². The Hall–Kier alpha value is -1.57. The molecule has 1 fully saturated rings. The van der Waals surface area contributed by atoms with Crippen molar-refractivity contribution in [3.8, 4) is 0 Å². The van der Waals surface area contributed by atoms with Crippen molar-refractivity contribution in [2.24, 2.45) is 5.73 Å². The molecule has 0 saturated carbocycles. The van der Waals surface area contributed by atoms with Crippen molar-refractivity contribution >= 4 is 23.2 Å². The van der Waals surface area contributed by atoms with Gasteiger partial charge < -0.3 is 10.5 Å². The van der Waals surface area contributed by atoms with Gasteiger partial charge in [0.2, 0.25) is 0 Å². The summed E-state index contributed by atoms with van der Waals surface area (Å²) in [5.41, 5.74) is 6.98. The Morgan fingerprint density at radius 3 is 2.52 bits per heavy atom. The van der Waals surface area contributed by atoms with Gasteiger partial charge in [0.05, 0.1) is 23.4 Å². The second-order valence-electron chi connectivity index (χ2n) is 5.05. The summed E-state index contributed by atoms with van der Waals surface area (Å²) in [6.07, 6.45) is 1.56. The average Bonchev–Trinajstić information content (AvgIpc) is 2.49. The maximum atomic E-state index is 11.3. The molecule has 2 rings (SSSR count). The van der Waals surface area contributed by atoms with Crippen LogP contribution in [-0.4, -0.2) is 65.6 Å². The SMILES string of the molecule is COC(=O)c1ccc(CN2CCN(CC(N)=S)CC2)nc1. The molecule has 0 bridgehead atoms. The Bertz CT molecular complexity index is 498. The van der Waals surface area contributed by atoms with Gasteiger partial charge in [-0.1, -0.05) is 12.2 Å². The summed E-state index contributed by atoms with van der Waals surface area (Å²) in [7, 11) is 1.36. The van der Waals surface area contributed by atoms with Gasteiger partial charge in [-0.05, 0) is 12.1 Å². The number of thiocarbonyl (C=S) groups is 1. The minimum Gasteiger partial charge on any atom is -0.465 e. The number of nitrogens with two attached hydrogens (primary N) is 1. The Balaban J connectivity index is 1.83. The lowest BCUT2D eigenvalue weighted by Gasteiger charge is -2.34. The van der Waals surface area contributed by atoms with Crippen molar-refractivity contribution in [3.05, 3.63) is 29.6 Å². The van der Waals surface area contributed by atoms with Gasteiger partial charge in [0.1, 0.15) is 0 Å². The van der Waals surface area contributed by atoms with E-state index >= 15 is 0 Å². The van der Waals surface area contributed by atoms with E-state index < -0.39 is 0 Å². The Kier molecular flexibility index (Phi) is 5.60. The molecule has 114 valence electrons. The zero-order chi connectivity index (χ0) is 15.2. The molecule has 0 aromatic carbocycles. The summed E-state index contributed by atoms with van der Waals surface area (Å²) in [5, 5.41) is 0. The quantitative estimate of drug-likeness (QED) is 0.618. The molecule has 6 nitrogen and oxygen atoms in total. The fourth-order valence-electron chi connectivity index (χ4n) is 2.31. The van der Waals surface area contributed by atoms with E-state index in [9.17, 15) is 4.79 Å². The fourth-order valence-corrected chi connectivity index (χ4v) is 2.49. The number of hydrogen-bond acceptors (Lipinski definition) is 6. The van der Waals surface area contributed by atoms with Gasteiger partial charge in [-0.15, -0.1) is 0 Å². The van der Waals surface area contributed by atoms with Crippen molar-refractivity contribution in [1.82, 2.24) is 14.8 Å². The van der Waals surface area contributed by atoms with E-state index in [1.54, 1.807) is 12.3 Å². The number of ether oxygens (including phenoxy) is 1. The van der Waals surface area contributed by atoms with Gasteiger partial charge >= 0.3 is 5.97 Å². The molecule has 0 aliphatic carbocycles. The maximum absolute atomic E-state index is 11.3. The summed E-state index contributed by atoms with van der Waals surface area (Å²) in [5.74, 6) is -0.361. The second kappa shape index (κ2) is 7.44. The first-order valence-electron chi connectivity index (χ1n) is 6.84. The number of pyridine rings is 1. The number of aromatic nitrogens is 1. The highest BCUT2D eigenvalue weighted by Gasteiger charge is 2.17. The van der Waals surface area contributed by atoms with E-state index in [2.05, 4.69) is 19.5 Å². The predicted octanol–water partition coefficient (Wildman–Crippen LogP) is 0.272. The Morgan fingerprint density at radius 2 is 2.00 bits per heavy atom. The summed E-state index contributed by atoms with van der Waals surface area (Å²) in [6, 6.07) is 3.62. The van der Waals surface area contributed by atoms with E-state index in [0.29, 0.717) is 17.1 Å². The minimum absolute atomic E-state index is 0.361. The number of carbonyl (C=O) groups is 1. The zero-order valence-electron chi connectivity index (χ0n) is 12.1. The van der Waals surface area contributed by atoms with Crippen molar-refractivity contribution in [2.75, 3.05) is 39.8 Å². The lowest BCUT2D eigenvalue weighted by atomic mass is 10.2. The van der Waals surface area contributed by atoms with Crippen LogP contribution in [0.5, 0.6) is 0 Å². The van der Waals surface area contributed by atoms with Crippen LogP contribution < -0.4 is 5.73 Å². The molecule has 7 heteroatoms. The van der Waals surface area contributed by atoms with Gasteiger partial charge in [0.15, 0.2) is 0 Å². The number of esters is 1. The lowest BCUT2D eigenvalue weighted by molar-refractivity contribution is 0.0600. The van der Waals surface area contributed by atoms with Gasteiger partial charge in [0, 0.05) is 45.5 Å². The van der Waals surface area contributed by atoms with E-state index in [0.717, 1.165) is 38.4 Å². The van der Waals surface area contributed by atoms with Gasteiger partial charge in [0.25, 0.3) is 0 Å². The number of hydrogen-bond donors (Lipinski definition) is 1. The highest BCUT2D eigenvalue weighted by atomic mass is 32.1. The average molecular weight is 308 g/mol. The molecule has 2 N–H and O–H groups in total. The van der Waals surface area contributed by atoms with Crippen LogP contribution in [0.4, 0.5) is 0 Å². The topological polar surface area (TPSA) is 71.7 Å². The molecule has 2 heterocycles. The highest BCUT2D eigenvalue weighted by Crippen LogP contribution is 2.08. The monoisotopic (exact) mass is 308 g/mol. The Morgan fingerprint density at radius 1 is 1.33 bits per heavy atom. The van der Waals surface area contributed by atoms with Gasteiger partial charge in [-0.3, -0.25) is 14.8 Å². The first kappa shape index (κ1) is 15.8. The molecular weight excluding hydrogens is 288 g/mol. The second-order valence-corrected chi connectivity index (χ2v) is 5.57. The largest absolute Gasteiger partial charge is 0.465 e. The number of methoxy groups -OCH3 is 1. The van der Waals surface area contributed by atoms with Crippen LogP contribution in [-0.2, 0) is 11.3 Å². The predicted molar refractivity (Wildman–Crippen MR) is 84.1 cm³/mol. The molecule has 0 atom stereocenters. The molecule has 1 aromatic heterocycles. The summed E-state index contributed by atoms with van der Waals surface area (Å²) in [6.45, 7) is 5.30.